The Morgan fingerprint density at radius 1 is 1.09 bits per heavy atom. The first-order valence-corrected chi connectivity index (χ1v) is 8.39. The highest BCUT2D eigenvalue weighted by Gasteiger charge is 2.32. The van der Waals surface area contributed by atoms with Gasteiger partial charge in [0.2, 0.25) is 5.91 Å². The molecule has 0 aromatic heterocycles. The molecule has 2 aliphatic heterocycles. The average Bonchev–Trinajstić information content (AvgIpc) is 2.60. The molecule has 2 rings (SSSR count). The van der Waals surface area contributed by atoms with E-state index in [1.165, 1.54) is 7.11 Å². The molecule has 2 heterocycles. The second-order valence-corrected chi connectivity index (χ2v) is 6.27. The lowest BCUT2D eigenvalue weighted by Crippen LogP contribution is -2.55. The summed E-state index contributed by atoms with van der Waals surface area (Å²) >= 11 is 0. The van der Waals surface area contributed by atoms with Crippen LogP contribution in [-0.2, 0) is 14.3 Å². The van der Waals surface area contributed by atoms with Crippen molar-refractivity contribution in [3.8, 4) is 0 Å². The predicted octanol–water partition coefficient (Wildman–Crippen LogP) is 0.424. The largest absolute Gasteiger partial charge is 0.469 e. The zero-order chi connectivity index (χ0) is 16.1. The Hall–Kier alpha value is -1.14. The van der Waals surface area contributed by atoms with Crippen LogP contribution in [0, 0.1) is 5.92 Å². The predicted molar refractivity (Wildman–Crippen MR) is 84.5 cm³/mol. The maximum Gasteiger partial charge on any atom is 0.308 e. The molecule has 2 aliphatic rings. The first kappa shape index (κ1) is 17.2. The standard InChI is InChI=1S/C16H29N3O3/c1-4-17-9-11-19(12-10-17)15(20)13(2)18-7-5-14(6-8-18)16(21)22-3/h13-14H,4-12H2,1-3H3/t13-/m0/s1. The van der Waals surface area contributed by atoms with E-state index < -0.39 is 0 Å². The molecule has 0 N–H and O–H groups in total. The maximum absolute atomic E-state index is 12.6. The average molecular weight is 311 g/mol. The van der Waals surface area contributed by atoms with Crippen LogP contribution in [0.3, 0.4) is 0 Å². The molecule has 126 valence electrons. The van der Waals surface area contributed by atoms with E-state index in [1.54, 1.807) is 0 Å². The van der Waals surface area contributed by atoms with E-state index in [0.29, 0.717) is 0 Å². The number of nitrogens with zero attached hydrogens (tertiary/aromatic N) is 3. The van der Waals surface area contributed by atoms with Gasteiger partial charge < -0.3 is 14.5 Å². The van der Waals surface area contributed by atoms with E-state index in [2.05, 4.69) is 16.7 Å². The molecule has 1 atom stereocenters. The number of likely N-dealkylation sites (N-methyl/N-ethyl adjacent to an activating group) is 1. The molecule has 0 radical (unpaired) electrons. The fraction of sp³-hybridized carbons (Fsp3) is 0.875. The molecule has 6 nitrogen and oxygen atoms in total. The SMILES string of the molecule is CCN1CCN(C(=O)[C@H](C)N2CCC(C(=O)OC)CC2)CC1. The first-order chi connectivity index (χ1) is 10.6. The molecule has 6 heteroatoms. The summed E-state index contributed by atoms with van der Waals surface area (Å²) in [6.07, 6.45) is 1.57. The second-order valence-electron chi connectivity index (χ2n) is 6.27. The lowest BCUT2D eigenvalue weighted by molar-refractivity contribution is -0.147. The topological polar surface area (TPSA) is 53.1 Å². The highest BCUT2D eigenvalue weighted by Crippen LogP contribution is 2.21. The third-order valence-electron chi connectivity index (χ3n) is 5.10. The summed E-state index contributed by atoms with van der Waals surface area (Å²) in [5.74, 6) is 0.109. The summed E-state index contributed by atoms with van der Waals surface area (Å²) in [6, 6.07) is -0.0910. The summed E-state index contributed by atoms with van der Waals surface area (Å²) in [7, 11) is 1.44. The molecule has 0 aromatic rings. The van der Waals surface area contributed by atoms with Gasteiger partial charge in [0.25, 0.3) is 0 Å². The van der Waals surface area contributed by atoms with Crippen LogP contribution in [0.4, 0.5) is 0 Å². The number of likely N-dealkylation sites (tertiary alicyclic amines) is 1. The smallest absolute Gasteiger partial charge is 0.308 e. The Morgan fingerprint density at radius 2 is 1.68 bits per heavy atom. The summed E-state index contributed by atoms with van der Waals surface area (Å²) < 4.78 is 4.81. The number of rotatable bonds is 4. The van der Waals surface area contributed by atoms with Crippen LogP contribution in [0.15, 0.2) is 0 Å². The van der Waals surface area contributed by atoms with Crippen LogP contribution in [-0.4, -0.2) is 85.5 Å². The van der Waals surface area contributed by atoms with Gasteiger partial charge in [0.05, 0.1) is 19.1 Å². The van der Waals surface area contributed by atoms with Crippen molar-refractivity contribution >= 4 is 11.9 Å². The normalized spacial score (nSPS) is 23.3. The first-order valence-electron chi connectivity index (χ1n) is 8.39. The Bertz CT molecular complexity index is 386. The van der Waals surface area contributed by atoms with E-state index in [-0.39, 0.29) is 23.8 Å². The molecule has 2 fully saturated rings. The highest BCUT2D eigenvalue weighted by molar-refractivity contribution is 5.81. The molecule has 0 unspecified atom stereocenters. The van der Waals surface area contributed by atoms with Crippen LogP contribution < -0.4 is 0 Å². The van der Waals surface area contributed by atoms with Crippen LogP contribution in [0.2, 0.25) is 0 Å². The summed E-state index contributed by atoms with van der Waals surface area (Å²) in [5, 5.41) is 0. The van der Waals surface area contributed by atoms with Crippen molar-refractivity contribution in [2.24, 2.45) is 5.92 Å². The van der Waals surface area contributed by atoms with Gasteiger partial charge in [0.15, 0.2) is 0 Å². The van der Waals surface area contributed by atoms with Crippen molar-refractivity contribution in [2.45, 2.75) is 32.7 Å². The molecule has 0 spiro atoms. The van der Waals surface area contributed by atoms with Gasteiger partial charge in [-0.2, -0.15) is 0 Å². The van der Waals surface area contributed by atoms with Crippen molar-refractivity contribution in [3.05, 3.63) is 0 Å². The Labute approximate surface area is 133 Å². The van der Waals surface area contributed by atoms with Crippen LogP contribution in [0.5, 0.6) is 0 Å². The number of piperidine rings is 1. The lowest BCUT2D eigenvalue weighted by Gasteiger charge is -2.39. The third kappa shape index (κ3) is 3.98. The van der Waals surface area contributed by atoms with Gasteiger partial charge >= 0.3 is 5.97 Å². The number of esters is 1. The van der Waals surface area contributed by atoms with E-state index in [9.17, 15) is 9.59 Å². The van der Waals surface area contributed by atoms with Crippen LogP contribution in [0.25, 0.3) is 0 Å². The van der Waals surface area contributed by atoms with E-state index in [4.69, 9.17) is 4.74 Å². The van der Waals surface area contributed by atoms with Crippen LogP contribution >= 0.6 is 0 Å². The highest BCUT2D eigenvalue weighted by atomic mass is 16.5. The van der Waals surface area contributed by atoms with Gasteiger partial charge in [-0.15, -0.1) is 0 Å². The third-order valence-corrected chi connectivity index (χ3v) is 5.10. The summed E-state index contributed by atoms with van der Waals surface area (Å²) in [6.45, 7) is 10.4. The number of amides is 1. The molecule has 2 saturated heterocycles. The van der Waals surface area contributed by atoms with Crippen molar-refractivity contribution in [3.63, 3.8) is 0 Å². The van der Waals surface area contributed by atoms with E-state index >= 15 is 0 Å². The lowest BCUT2D eigenvalue weighted by atomic mass is 9.96. The van der Waals surface area contributed by atoms with Crippen molar-refractivity contribution in [1.82, 2.24) is 14.7 Å². The number of carbonyl (C=O) groups excluding carboxylic acids is 2. The molecule has 1 amide bonds. The second kappa shape index (κ2) is 7.92. The number of ether oxygens (including phenoxy) is 1. The van der Waals surface area contributed by atoms with Gasteiger partial charge in [-0.3, -0.25) is 14.5 Å². The minimum Gasteiger partial charge on any atom is -0.469 e. The molecular formula is C16H29N3O3. The molecule has 22 heavy (non-hydrogen) atoms. The van der Waals surface area contributed by atoms with Crippen molar-refractivity contribution in [1.29, 1.82) is 0 Å². The van der Waals surface area contributed by atoms with Gasteiger partial charge in [-0.1, -0.05) is 6.92 Å². The van der Waals surface area contributed by atoms with E-state index in [0.717, 1.165) is 58.7 Å². The van der Waals surface area contributed by atoms with Crippen molar-refractivity contribution in [2.75, 3.05) is 52.9 Å². The van der Waals surface area contributed by atoms with Crippen LogP contribution in [0.1, 0.15) is 26.7 Å². The molecule has 0 bridgehead atoms. The summed E-state index contributed by atoms with van der Waals surface area (Å²) in [5.41, 5.74) is 0. The van der Waals surface area contributed by atoms with Crippen molar-refractivity contribution < 1.29 is 14.3 Å². The maximum atomic E-state index is 12.6. The Morgan fingerprint density at radius 3 is 2.18 bits per heavy atom. The quantitative estimate of drug-likeness (QED) is 0.705. The molecular weight excluding hydrogens is 282 g/mol. The number of methoxy groups -OCH3 is 1. The van der Waals surface area contributed by atoms with Gasteiger partial charge in [0.1, 0.15) is 0 Å². The Balaban J connectivity index is 1.81. The minimum absolute atomic E-state index is 0.00310. The fourth-order valence-corrected chi connectivity index (χ4v) is 3.39. The number of piperazine rings is 1. The van der Waals surface area contributed by atoms with Gasteiger partial charge in [-0.05, 0) is 39.4 Å². The minimum atomic E-state index is -0.116. The molecule has 0 saturated carbocycles. The zero-order valence-electron chi connectivity index (χ0n) is 14.1. The van der Waals surface area contributed by atoms with Gasteiger partial charge in [-0.25, -0.2) is 0 Å². The Kier molecular flexibility index (Phi) is 6.20. The number of hydrogen-bond donors (Lipinski definition) is 0. The zero-order valence-corrected chi connectivity index (χ0v) is 14.1. The van der Waals surface area contributed by atoms with E-state index in [1.807, 2.05) is 11.8 Å². The van der Waals surface area contributed by atoms with Gasteiger partial charge in [0, 0.05) is 26.2 Å². The summed E-state index contributed by atoms with van der Waals surface area (Å²) in [4.78, 5) is 30.8. The fourth-order valence-electron chi connectivity index (χ4n) is 3.39. The molecule has 0 aliphatic carbocycles. The molecule has 0 aromatic carbocycles. The number of hydrogen-bond acceptors (Lipinski definition) is 5. The number of carbonyl (C=O) groups is 2. The monoisotopic (exact) mass is 311 g/mol.